The van der Waals surface area contributed by atoms with Gasteiger partial charge in [-0.3, -0.25) is 0 Å². The van der Waals surface area contributed by atoms with Crippen LogP contribution in [0.15, 0.2) is 24.3 Å². The second-order valence-corrected chi connectivity index (χ2v) is 5.50. The van der Waals surface area contributed by atoms with Crippen LogP contribution in [0.1, 0.15) is 45.1 Å². The van der Waals surface area contributed by atoms with Crippen LogP contribution in [0.3, 0.4) is 0 Å². The van der Waals surface area contributed by atoms with Crippen LogP contribution in [0.4, 0.5) is 0 Å². The Bertz CT molecular complexity index is 360. The zero-order valence-electron chi connectivity index (χ0n) is 11.8. The smallest absolute Gasteiger partial charge is 0.119 e. The van der Waals surface area contributed by atoms with Crippen LogP contribution in [0.25, 0.3) is 0 Å². The molecule has 2 rings (SSSR count). The van der Waals surface area contributed by atoms with Crippen molar-refractivity contribution in [1.82, 2.24) is 5.32 Å². The minimum Gasteiger partial charge on any atom is -0.490 e. The number of benzene rings is 1. The molecule has 0 saturated carbocycles. The molecule has 0 aliphatic carbocycles. The average Bonchev–Trinajstić information content (AvgIpc) is 2.41. The normalized spacial score (nSPS) is 25.7. The van der Waals surface area contributed by atoms with Crippen molar-refractivity contribution in [2.45, 2.75) is 45.6 Å². The molecule has 0 spiro atoms. The topological polar surface area (TPSA) is 21.3 Å². The second-order valence-electron chi connectivity index (χ2n) is 5.50. The summed E-state index contributed by atoms with van der Waals surface area (Å²) < 4.78 is 6.10. The van der Waals surface area contributed by atoms with Crippen LogP contribution < -0.4 is 10.1 Å². The summed E-state index contributed by atoms with van der Waals surface area (Å²) in [5.41, 5.74) is 1.41. The van der Waals surface area contributed by atoms with E-state index in [2.05, 4.69) is 50.4 Å². The van der Waals surface area contributed by atoms with Gasteiger partial charge in [-0.05, 0) is 43.0 Å². The molecule has 100 valence electrons. The van der Waals surface area contributed by atoms with Gasteiger partial charge >= 0.3 is 0 Å². The van der Waals surface area contributed by atoms with Gasteiger partial charge in [0.15, 0.2) is 0 Å². The standard InChI is InChI=1S/C16H25NO/c1-4-12(2)14-5-7-15(8-6-14)18-16-9-10-17-11-13(16)3/h5-8,12-13,16-17H,4,9-11H2,1-3H3. The highest BCUT2D eigenvalue weighted by molar-refractivity contribution is 5.29. The number of hydrogen-bond acceptors (Lipinski definition) is 2. The molecule has 1 N–H and O–H groups in total. The van der Waals surface area contributed by atoms with Crippen molar-refractivity contribution in [1.29, 1.82) is 0 Å². The van der Waals surface area contributed by atoms with Crippen LogP contribution >= 0.6 is 0 Å². The molecule has 1 heterocycles. The molecule has 1 aliphatic heterocycles. The summed E-state index contributed by atoms with van der Waals surface area (Å²) in [6, 6.07) is 8.65. The van der Waals surface area contributed by atoms with Crippen molar-refractivity contribution in [3.05, 3.63) is 29.8 Å². The van der Waals surface area contributed by atoms with E-state index in [4.69, 9.17) is 4.74 Å². The largest absolute Gasteiger partial charge is 0.490 e. The quantitative estimate of drug-likeness (QED) is 0.878. The number of hydrogen-bond donors (Lipinski definition) is 1. The predicted octanol–water partition coefficient (Wildman–Crippen LogP) is 3.58. The molecule has 1 aliphatic rings. The van der Waals surface area contributed by atoms with E-state index >= 15 is 0 Å². The van der Waals surface area contributed by atoms with Crippen LogP contribution in [-0.2, 0) is 0 Å². The Morgan fingerprint density at radius 2 is 2.06 bits per heavy atom. The highest BCUT2D eigenvalue weighted by atomic mass is 16.5. The molecule has 0 aromatic heterocycles. The van der Waals surface area contributed by atoms with Crippen molar-refractivity contribution in [3.8, 4) is 5.75 Å². The molecule has 0 amide bonds. The predicted molar refractivity (Wildman–Crippen MR) is 76.2 cm³/mol. The SMILES string of the molecule is CCC(C)c1ccc(OC2CCNCC2C)cc1. The Balaban J connectivity index is 1.97. The van der Waals surface area contributed by atoms with Gasteiger partial charge in [0.25, 0.3) is 0 Å². The maximum Gasteiger partial charge on any atom is 0.119 e. The number of rotatable bonds is 4. The van der Waals surface area contributed by atoms with Crippen molar-refractivity contribution in [3.63, 3.8) is 0 Å². The Kier molecular flexibility index (Phi) is 4.65. The summed E-state index contributed by atoms with van der Waals surface area (Å²) in [6.07, 6.45) is 2.65. The maximum absolute atomic E-state index is 6.10. The summed E-state index contributed by atoms with van der Waals surface area (Å²) in [5, 5.41) is 3.40. The van der Waals surface area contributed by atoms with E-state index in [9.17, 15) is 0 Å². The molecule has 3 unspecified atom stereocenters. The average molecular weight is 247 g/mol. The molecular weight excluding hydrogens is 222 g/mol. The van der Waals surface area contributed by atoms with Gasteiger partial charge in [0.05, 0.1) is 0 Å². The molecular formula is C16H25NO. The molecule has 0 bridgehead atoms. The lowest BCUT2D eigenvalue weighted by Crippen LogP contribution is -2.41. The van der Waals surface area contributed by atoms with E-state index in [0.717, 1.165) is 25.3 Å². The lowest BCUT2D eigenvalue weighted by Gasteiger charge is -2.30. The molecule has 1 saturated heterocycles. The summed E-state index contributed by atoms with van der Waals surface area (Å²) in [4.78, 5) is 0. The molecule has 2 heteroatoms. The van der Waals surface area contributed by atoms with Crippen LogP contribution in [0.5, 0.6) is 5.75 Å². The Hall–Kier alpha value is -1.02. The molecule has 1 aromatic rings. The van der Waals surface area contributed by atoms with Gasteiger partial charge in [-0.15, -0.1) is 0 Å². The highest BCUT2D eigenvalue weighted by Crippen LogP contribution is 2.24. The first-order chi connectivity index (χ1) is 8.70. The van der Waals surface area contributed by atoms with E-state index in [-0.39, 0.29) is 0 Å². The van der Waals surface area contributed by atoms with Gasteiger partial charge < -0.3 is 10.1 Å². The molecule has 18 heavy (non-hydrogen) atoms. The Morgan fingerprint density at radius 3 is 2.67 bits per heavy atom. The summed E-state index contributed by atoms with van der Waals surface area (Å²) in [7, 11) is 0. The maximum atomic E-state index is 6.10. The minimum absolute atomic E-state index is 0.362. The third kappa shape index (κ3) is 3.26. The van der Waals surface area contributed by atoms with Gasteiger partial charge in [-0.25, -0.2) is 0 Å². The van der Waals surface area contributed by atoms with Gasteiger partial charge in [-0.1, -0.05) is 32.9 Å². The van der Waals surface area contributed by atoms with Crippen LogP contribution in [-0.4, -0.2) is 19.2 Å². The van der Waals surface area contributed by atoms with Crippen molar-refractivity contribution in [2.24, 2.45) is 5.92 Å². The summed E-state index contributed by atoms with van der Waals surface area (Å²) >= 11 is 0. The van der Waals surface area contributed by atoms with Crippen molar-refractivity contribution < 1.29 is 4.74 Å². The highest BCUT2D eigenvalue weighted by Gasteiger charge is 2.22. The third-order valence-electron chi connectivity index (χ3n) is 4.06. The van der Waals surface area contributed by atoms with Gasteiger partial charge in [0.2, 0.25) is 0 Å². The van der Waals surface area contributed by atoms with Gasteiger partial charge in [0.1, 0.15) is 11.9 Å². The van der Waals surface area contributed by atoms with Gasteiger partial charge in [-0.2, -0.15) is 0 Å². The van der Waals surface area contributed by atoms with Crippen molar-refractivity contribution in [2.75, 3.05) is 13.1 Å². The third-order valence-corrected chi connectivity index (χ3v) is 4.06. The fourth-order valence-electron chi connectivity index (χ4n) is 2.45. The zero-order valence-corrected chi connectivity index (χ0v) is 11.8. The van der Waals surface area contributed by atoms with Crippen LogP contribution in [0, 0.1) is 5.92 Å². The molecule has 0 radical (unpaired) electrons. The van der Waals surface area contributed by atoms with E-state index in [1.807, 2.05) is 0 Å². The first-order valence-electron chi connectivity index (χ1n) is 7.18. The monoisotopic (exact) mass is 247 g/mol. The molecule has 2 nitrogen and oxygen atoms in total. The molecule has 1 fully saturated rings. The Labute approximate surface area is 111 Å². The first kappa shape index (κ1) is 13.4. The lowest BCUT2D eigenvalue weighted by molar-refractivity contribution is 0.112. The number of piperidine rings is 1. The Morgan fingerprint density at radius 1 is 1.33 bits per heavy atom. The second kappa shape index (κ2) is 6.24. The zero-order chi connectivity index (χ0) is 13.0. The molecule has 3 atom stereocenters. The van der Waals surface area contributed by atoms with Crippen LogP contribution in [0.2, 0.25) is 0 Å². The molecule has 1 aromatic carbocycles. The van der Waals surface area contributed by atoms with E-state index in [0.29, 0.717) is 17.9 Å². The van der Waals surface area contributed by atoms with E-state index in [1.165, 1.54) is 12.0 Å². The van der Waals surface area contributed by atoms with E-state index < -0.39 is 0 Å². The summed E-state index contributed by atoms with van der Waals surface area (Å²) in [6.45, 7) is 8.89. The first-order valence-corrected chi connectivity index (χ1v) is 7.18. The van der Waals surface area contributed by atoms with Crippen molar-refractivity contribution >= 4 is 0 Å². The number of nitrogens with one attached hydrogen (secondary N) is 1. The fraction of sp³-hybridized carbons (Fsp3) is 0.625. The van der Waals surface area contributed by atoms with E-state index in [1.54, 1.807) is 0 Å². The summed E-state index contributed by atoms with van der Waals surface area (Å²) in [5.74, 6) is 2.24. The number of ether oxygens (including phenoxy) is 1. The fourth-order valence-corrected chi connectivity index (χ4v) is 2.45. The van der Waals surface area contributed by atoms with Gasteiger partial charge in [0, 0.05) is 12.5 Å². The minimum atomic E-state index is 0.362. The lowest BCUT2D eigenvalue weighted by atomic mass is 9.97.